The lowest BCUT2D eigenvalue weighted by atomic mass is 10.5. The molecule has 0 spiro atoms. The van der Waals surface area contributed by atoms with Crippen molar-refractivity contribution < 1.29 is 13.5 Å². The molecule has 2 heterocycles. The van der Waals surface area contributed by atoms with Gasteiger partial charge < -0.3 is 20.2 Å². The Kier molecular flexibility index (Phi) is 3.88. The largest absolute Gasteiger partial charge is 0.382 e. The highest BCUT2D eigenvalue weighted by Gasteiger charge is 2.06. The van der Waals surface area contributed by atoms with E-state index in [2.05, 4.69) is 15.3 Å². The number of nitrogens with one attached hydrogen (secondary N) is 1. The Balaban J connectivity index is 1.93. The predicted octanol–water partition coefficient (Wildman–Crippen LogP) is 1.01. The van der Waals surface area contributed by atoms with E-state index >= 15 is 0 Å². The fourth-order valence-corrected chi connectivity index (χ4v) is 1.48. The number of hydrogen-bond donors (Lipinski definition) is 2. The molecule has 0 aliphatic rings. The van der Waals surface area contributed by atoms with Crippen LogP contribution < -0.4 is 11.1 Å². The van der Waals surface area contributed by atoms with Gasteiger partial charge >= 0.3 is 0 Å². The number of nitrogen functional groups attached to an aromatic ring is 1. The number of rotatable bonds is 6. The summed E-state index contributed by atoms with van der Waals surface area (Å²) < 4.78 is 30.1. The van der Waals surface area contributed by atoms with Gasteiger partial charge in [0.15, 0.2) is 11.5 Å². The van der Waals surface area contributed by atoms with E-state index in [-0.39, 0.29) is 6.61 Å². The summed E-state index contributed by atoms with van der Waals surface area (Å²) >= 11 is 0. The summed E-state index contributed by atoms with van der Waals surface area (Å²) in [4.78, 5) is 8.19. The van der Waals surface area contributed by atoms with Crippen LogP contribution in [0.4, 0.5) is 20.4 Å². The molecule has 2 aromatic rings. The van der Waals surface area contributed by atoms with Gasteiger partial charge in [-0.3, -0.25) is 0 Å². The number of fused-ring (bicyclic) bond motifs is 1. The minimum absolute atomic E-state index is 0.160. The number of anilines is 2. The molecule has 0 unspecified atom stereocenters. The van der Waals surface area contributed by atoms with E-state index in [1.54, 1.807) is 23.0 Å². The van der Waals surface area contributed by atoms with Crippen molar-refractivity contribution in [3.8, 4) is 0 Å². The highest BCUT2D eigenvalue weighted by molar-refractivity contribution is 5.64. The van der Waals surface area contributed by atoms with E-state index in [0.29, 0.717) is 23.8 Å². The third-order valence-corrected chi connectivity index (χ3v) is 2.18. The van der Waals surface area contributed by atoms with Crippen LogP contribution >= 0.6 is 0 Å². The zero-order chi connectivity index (χ0) is 13.0. The van der Waals surface area contributed by atoms with Gasteiger partial charge in [-0.15, -0.1) is 0 Å². The molecule has 0 saturated carbocycles. The zero-order valence-corrected chi connectivity index (χ0v) is 9.51. The summed E-state index contributed by atoms with van der Waals surface area (Å²) in [6.45, 7) is -0.0514. The van der Waals surface area contributed by atoms with Gasteiger partial charge in [0.25, 0.3) is 6.43 Å². The average Bonchev–Trinajstić information content (AvgIpc) is 2.75. The summed E-state index contributed by atoms with van der Waals surface area (Å²) in [7, 11) is 0. The first-order chi connectivity index (χ1) is 8.66. The normalized spacial score (nSPS) is 11.3. The molecule has 0 saturated heterocycles. The summed E-state index contributed by atoms with van der Waals surface area (Å²) in [5.74, 6) is 0.845. The van der Waals surface area contributed by atoms with Gasteiger partial charge in [-0.25, -0.2) is 18.7 Å². The van der Waals surface area contributed by atoms with Crippen molar-refractivity contribution in [2.24, 2.45) is 0 Å². The van der Waals surface area contributed by atoms with E-state index in [1.165, 1.54) is 0 Å². The quantitative estimate of drug-likeness (QED) is 0.755. The minimum Gasteiger partial charge on any atom is -0.382 e. The molecule has 0 aliphatic heterocycles. The first kappa shape index (κ1) is 12.5. The maximum Gasteiger partial charge on any atom is 0.261 e. The van der Waals surface area contributed by atoms with E-state index in [9.17, 15) is 8.78 Å². The van der Waals surface area contributed by atoms with Gasteiger partial charge in [-0.05, 0) is 0 Å². The van der Waals surface area contributed by atoms with Gasteiger partial charge in [0.1, 0.15) is 12.4 Å². The van der Waals surface area contributed by atoms with Gasteiger partial charge in [-0.2, -0.15) is 0 Å². The molecule has 0 bridgehead atoms. The molecule has 0 radical (unpaired) electrons. The molecule has 2 rings (SSSR count). The topological polar surface area (TPSA) is 77.5 Å². The predicted molar refractivity (Wildman–Crippen MR) is 62.7 cm³/mol. The van der Waals surface area contributed by atoms with Crippen LogP contribution in [-0.2, 0) is 4.74 Å². The fourth-order valence-electron chi connectivity index (χ4n) is 1.48. The smallest absolute Gasteiger partial charge is 0.261 e. The lowest BCUT2D eigenvalue weighted by molar-refractivity contribution is 0.0215. The molecule has 0 atom stereocenters. The van der Waals surface area contributed by atoms with Crippen LogP contribution in [0.2, 0.25) is 0 Å². The van der Waals surface area contributed by atoms with Gasteiger partial charge in [0.2, 0.25) is 0 Å². The monoisotopic (exact) mass is 257 g/mol. The van der Waals surface area contributed by atoms with Crippen LogP contribution in [-0.4, -0.2) is 40.6 Å². The second-order valence-corrected chi connectivity index (χ2v) is 3.57. The average molecular weight is 257 g/mol. The van der Waals surface area contributed by atoms with Gasteiger partial charge in [-0.1, -0.05) is 0 Å². The minimum atomic E-state index is -2.45. The van der Waals surface area contributed by atoms with Gasteiger partial charge in [0.05, 0.1) is 12.8 Å². The van der Waals surface area contributed by atoms with Gasteiger partial charge in [0, 0.05) is 18.9 Å². The Hall–Kier alpha value is -1.96. The Bertz CT molecular complexity index is 516. The van der Waals surface area contributed by atoms with Crippen molar-refractivity contribution in [2.75, 3.05) is 30.8 Å². The molecule has 0 fully saturated rings. The van der Waals surface area contributed by atoms with Crippen LogP contribution in [0.1, 0.15) is 0 Å². The number of halogens is 2. The molecule has 3 N–H and O–H groups in total. The van der Waals surface area contributed by atoms with Crippen molar-refractivity contribution in [2.45, 2.75) is 6.43 Å². The zero-order valence-electron chi connectivity index (χ0n) is 9.51. The number of hydrogen-bond acceptors (Lipinski definition) is 5. The van der Waals surface area contributed by atoms with Crippen LogP contribution in [0.25, 0.3) is 5.65 Å². The highest BCUT2D eigenvalue weighted by atomic mass is 19.3. The number of nitrogens with two attached hydrogens (primary N) is 1. The number of imidazole rings is 1. The van der Waals surface area contributed by atoms with E-state index in [4.69, 9.17) is 10.5 Å². The lowest BCUT2D eigenvalue weighted by Crippen LogP contribution is -2.14. The van der Waals surface area contributed by atoms with E-state index < -0.39 is 13.0 Å². The first-order valence-corrected chi connectivity index (χ1v) is 5.36. The molecule has 0 aliphatic carbocycles. The molecule has 98 valence electrons. The Labute approximate surface area is 102 Å². The number of alkyl halides is 2. The maximum absolute atomic E-state index is 11.8. The Morgan fingerprint density at radius 1 is 1.50 bits per heavy atom. The van der Waals surface area contributed by atoms with Crippen LogP contribution in [0, 0.1) is 0 Å². The molecule has 8 heteroatoms. The number of nitrogens with zero attached hydrogens (tertiary/aromatic N) is 3. The van der Waals surface area contributed by atoms with Crippen molar-refractivity contribution in [3.05, 3.63) is 18.6 Å². The van der Waals surface area contributed by atoms with Crippen molar-refractivity contribution in [1.82, 2.24) is 14.4 Å². The van der Waals surface area contributed by atoms with Crippen molar-refractivity contribution in [1.29, 1.82) is 0 Å². The van der Waals surface area contributed by atoms with Crippen LogP contribution in [0.15, 0.2) is 18.6 Å². The molecule has 6 nitrogen and oxygen atoms in total. The Morgan fingerprint density at radius 2 is 2.33 bits per heavy atom. The Morgan fingerprint density at radius 3 is 3.11 bits per heavy atom. The standard InChI is InChI=1S/C10H13F2N5O/c11-7(12)6-18-4-2-14-9-10-15-1-3-17(10)5-8(13)16-9/h1,3,5,7H,2,4,6,13H2,(H,14,16). The summed E-state index contributed by atoms with van der Waals surface area (Å²) in [6.07, 6.45) is 2.55. The van der Waals surface area contributed by atoms with Crippen molar-refractivity contribution >= 4 is 17.3 Å². The molecule has 0 amide bonds. The van der Waals surface area contributed by atoms with E-state index in [1.807, 2.05) is 0 Å². The van der Waals surface area contributed by atoms with Crippen LogP contribution in [0.3, 0.4) is 0 Å². The third kappa shape index (κ3) is 3.04. The summed E-state index contributed by atoms with van der Waals surface area (Å²) in [5, 5.41) is 2.94. The third-order valence-electron chi connectivity index (χ3n) is 2.18. The summed E-state index contributed by atoms with van der Waals surface area (Å²) in [5.41, 5.74) is 6.25. The van der Waals surface area contributed by atoms with Crippen LogP contribution in [0.5, 0.6) is 0 Å². The summed E-state index contributed by atoms with van der Waals surface area (Å²) in [6, 6.07) is 0. The maximum atomic E-state index is 11.8. The highest BCUT2D eigenvalue weighted by Crippen LogP contribution is 2.13. The van der Waals surface area contributed by atoms with Crippen molar-refractivity contribution in [3.63, 3.8) is 0 Å². The first-order valence-electron chi connectivity index (χ1n) is 5.36. The molecular formula is C10H13F2N5O. The fraction of sp³-hybridized carbons (Fsp3) is 0.400. The molecule has 2 aromatic heterocycles. The number of ether oxygens (including phenoxy) is 1. The lowest BCUT2D eigenvalue weighted by Gasteiger charge is -2.08. The SMILES string of the molecule is Nc1cn2ccnc2c(NCCOCC(F)F)n1. The molecule has 0 aromatic carbocycles. The van der Waals surface area contributed by atoms with E-state index in [0.717, 1.165) is 0 Å². The molecular weight excluding hydrogens is 244 g/mol. The second kappa shape index (κ2) is 5.58. The molecule has 18 heavy (non-hydrogen) atoms. The second-order valence-electron chi connectivity index (χ2n) is 3.57. The number of aromatic nitrogens is 3.